The Labute approximate surface area is 283 Å². The summed E-state index contributed by atoms with van der Waals surface area (Å²) in [6.07, 6.45) is 28.8. The Morgan fingerprint density at radius 1 is 0.378 bits per heavy atom. The Hall–Kier alpha value is 0.0300. The third-order valence-electron chi connectivity index (χ3n) is 7.29. The van der Waals surface area contributed by atoms with E-state index in [0.29, 0.717) is 66.1 Å². The van der Waals surface area contributed by atoms with Gasteiger partial charge in [-0.2, -0.15) is 0 Å². The van der Waals surface area contributed by atoms with E-state index in [1.165, 1.54) is 141 Å². The van der Waals surface area contributed by atoms with E-state index >= 15 is 0 Å². The monoisotopic (exact) mass is 668 g/mol. The molecule has 45 heavy (non-hydrogen) atoms. The molecule has 0 radical (unpaired) electrons. The first-order valence-electron chi connectivity index (χ1n) is 18.8. The van der Waals surface area contributed by atoms with Crippen molar-refractivity contribution in [2.75, 3.05) is 91.6 Å². The van der Waals surface area contributed by atoms with E-state index in [0.717, 1.165) is 0 Å². The molecule has 3 N–H and O–H groups in total. The standard InChI is InChI=1S/C24H51NS.C12H26O7/c1-3-5-7-9-10-11-12-13-14-15-16-17-18-19-20-21-23-25-26-24-22-8-6-4-2;13-1-3-15-5-7-17-9-11-19-12-10-18-8-6-16-4-2-14/h25H,3-24H2,1-2H3;13-14H,1-12H2. The Bertz CT molecular complexity index is 441. The summed E-state index contributed by atoms with van der Waals surface area (Å²) < 4.78 is 29.3. The maximum atomic E-state index is 8.45. The average Bonchev–Trinajstić information content (AvgIpc) is 3.05. The summed E-state index contributed by atoms with van der Waals surface area (Å²) in [5, 5.41) is 16.9. The Balaban J connectivity index is 0. The van der Waals surface area contributed by atoms with Gasteiger partial charge in [0.15, 0.2) is 0 Å². The van der Waals surface area contributed by atoms with Gasteiger partial charge in [-0.25, -0.2) is 0 Å². The van der Waals surface area contributed by atoms with E-state index in [2.05, 4.69) is 18.6 Å². The fourth-order valence-electron chi connectivity index (χ4n) is 4.60. The molecule has 0 heterocycles. The van der Waals surface area contributed by atoms with E-state index in [1.54, 1.807) is 0 Å². The second-order valence-electron chi connectivity index (χ2n) is 11.6. The number of aliphatic hydroxyl groups excluding tert-OH is 2. The maximum absolute atomic E-state index is 8.45. The minimum atomic E-state index is 0.0359. The van der Waals surface area contributed by atoms with Crippen LogP contribution in [-0.2, 0) is 23.7 Å². The molecule has 0 unspecified atom stereocenters. The number of aliphatic hydroxyl groups is 2. The zero-order valence-electron chi connectivity index (χ0n) is 29.9. The van der Waals surface area contributed by atoms with Crippen molar-refractivity contribution in [2.45, 2.75) is 142 Å². The van der Waals surface area contributed by atoms with Crippen LogP contribution in [0.3, 0.4) is 0 Å². The summed E-state index contributed by atoms with van der Waals surface area (Å²) in [6, 6.07) is 0. The highest BCUT2D eigenvalue weighted by Gasteiger charge is 1.96. The molecule has 0 aliphatic heterocycles. The summed E-state index contributed by atoms with van der Waals surface area (Å²) in [7, 11) is 0. The summed E-state index contributed by atoms with van der Waals surface area (Å²) in [5.74, 6) is 1.29. The predicted molar refractivity (Wildman–Crippen MR) is 192 cm³/mol. The Kier molecular flexibility index (Phi) is 50.7. The van der Waals surface area contributed by atoms with Crippen molar-refractivity contribution in [1.82, 2.24) is 4.72 Å². The minimum Gasteiger partial charge on any atom is -0.394 e. The number of nitrogens with one attached hydrogen (secondary N) is 1. The Morgan fingerprint density at radius 2 is 0.667 bits per heavy atom. The number of hydrogen-bond donors (Lipinski definition) is 3. The zero-order chi connectivity index (χ0) is 33.0. The number of rotatable bonds is 39. The van der Waals surface area contributed by atoms with Crippen LogP contribution in [0.2, 0.25) is 0 Å². The predicted octanol–water partition coefficient (Wildman–Crippen LogP) is 8.12. The van der Waals surface area contributed by atoms with Crippen LogP contribution in [0, 0.1) is 0 Å². The molecule has 0 atom stereocenters. The van der Waals surface area contributed by atoms with Crippen LogP contribution in [0.15, 0.2) is 0 Å². The lowest BCUT2D eigenvalue weighted by molar-refractivity contribution is -0.0151. The van der Waals surface area contributed by atoms with Gasteiger partial charge in [-0.15, -0.1) is 0 Å². The summed E-state index contributed by atoms with van der Waals surface area (Å²) in [4.78, 5) is 0. The highest BCUT2D eigenvalue weighted by atomic mass is 32.2. The molecule has 0 aromatic rings. The van der Waals surface area contributed by atoms with E-state index < -0.39 is 0 Å². The van der Waals surface area contributed by atoms with Crippen LogP contribution < -0.4 is 4.72 Å². The molecular formula is C36H77NO7S. The second kappa shape index (κ2) is 48.4. The lowest BCUT2D eigenvalue weighted by Crippen LogP contribution is -2.14. The molecule has 0 spiro atoms. The second-order valence-corrected chi connectivity index (χ2v) is 12.6. The molecule has 0 aromatic heterocycles. The minimum absolute atomic E-state index is 0.0359. The number of hydrogen-bond acceptors (Lipinski definition) is 9. The molecule has 0 aromatic carbocycles. The number of ether oxygens (including phenoxy) is 5. The van der Waals surface area contributed by atoms with Gasteiger partial charge in [0, 0.05) is 12.3 Å². The van der Waals surface area contributed by atoms with E-state index in [9.17, 15) is 0 Å². The van der Waals surface area contributed by atoms with Crippen molar-refractivity contribution < 1.29 is 33.9 Å². The molecule has 274 valence electrons. The van der Waals surface area contributed by atoms with Crippen molar-refractivity contribution >= 4 is 11.9 Å². The molecule has 0 aliphatic rings. The summed E-state index contributed by atoms with van der Waals surface area (Å²) in [6.45, 7) is 10.6. The first-order chi connectivity index (χ1) is 22.3. The van der Waals surface area contributed by atoms with Crippen molar-refractivity contribution in [2.24, 2.45) is 0 Å². The largest absolute Gasteiger partial charge is 0.394 e. The molecule has 0 rings (SSSR count). The molecule has 0 saturated carbocycles. The first kappa shape index (κ1) is 47.1. The smallest absolute Gasteiger partial charge is 0.0701 e. The van der Waals surface area contributed by atoms with Gasteiger partial charge in [0.2, 0.25) is 0 Å². The van der Waals surface area contributed by atoms with Crippen molar-refractivity contribution in [3.8, 4) is 0 Å². The Morgan fingerprint density at radius 3 is 1.00 bits per heavy atom. The summed E-state index contributed by atoms with van der Waals surface area (Å²) >= 11 is 1.94. The lowest BCUT2D eigenvalue weighted by atomic mass is 10.0. The van der Waals surface area contributed by atoms with E-state index in [-0.39, 0.29) is 13.2 Å². The van der Waals surface area contributed by atoms with Gasteiger partial charge in [0.25, 0.3) is 0 Å². The lowest BCUT2D eigenvalue weighted by Gasteiger charge is -2.07. The van der Waals surface area contributed by atoms with Crippen LogP contribution >= 0.6 is 11.9 Å². The van der Waals surface area contributed by atoms with Gasteiger partial charge in [-0.05, 0) is 12.8 Å². The van der Waals surface area contributed by atoms with Gasteiger partial charge in [0.05, 0.1) is 79.3 Å². The molecule has 9 heteroatoms. The van der Waals surface area contributed by atoms with Crippen molar-refractivity contribution in [3.63, 3.8) is 0 Å². The molecule has 0 fully saturated rings. The molecule has 0 bridgehead atoms. The molecule has 0 saturated heterocycles. The van der Waals surface area contributed by atoms with Crippen molar-refractivity contribution in [1.29, 1.82) is 0 Å². The van der Waals surface area contributed by atoms with Gasteiger partial charge in [0.1, 0.15) is 0 Å². The number of unbranched alkanes of at least 4 members (excludes halogenated alkanes) is 18. The average molecular weight is 668 g/mol. The summed E-state index contributed by atoms with van der Waals surface area (Å²) in [5.41, 5.74) is 0. The normalized spacial score (nSPS) is 11.2. The third-order valence-corrected chi connectivity index (χ3v) is 8.19. The van der Waals surface area contributed by atoms with E-state index in [1.807, 2.05) is 11.9 Å². The van der Waals surface area contributed by atoms with Gasteiger partial charge in [-0.3, -0.25) is 4.72 Å². The highest BCUT2D eigenvalue weighted by Crippen LogP contribution is 2.13. The van der Waals surface area contributed by atoms with E-state index in [4.69, 9.17) is 33.9 Å². The molecule has 0 amide bonds. The SMILES string of the molecule is CCCCCCCCCCCCCCCCCCNSCCCCCC.OCCOCCOCCOCCOCCOCCO. The van der Waals surface area contributed by atoms with Crippen LogP contribution in [0.25, 0.3) is 0 Å². The van der Waals surface area contributed by atoms with Gasteiger partial charge < -0.3 is 33.9 Å². The maximum Gasteiger partial charge on any atom is 0.0701 e. The van der Waals surface area contributed by atoms with Crippen LogP contribution in [0.4, 0.5) is 0 Å². The highest BCUT2D eigenvalue weighted by molar-refractivity contribution is 7.97. The van der Waals surface area contributed by atoms with Gasteiger partial charge >= 0.3 is 0 Å². The topological polar surface area (TPSA) is 98.6 Å². The third kappa shape index (κ3) is 51.1. The fraction of sp³-hybridized carbons (Fsp3) is 1.00. The molecular weight excluding hydrogens is 590 g/mol. The van der Waals surface area contributed by atoms with Crippen LogP contribution in [0.1, 0.15) is 142 Å². The van der Waals surface area contributed by atoms with Crippen LogP contribution in [-0.4, -0.2) is 102 Å². The quantitative estimate of drug-likeness (QED) is 0.0443. The molecule has 0 aliphatic carbocycles. The van der Waals surface area contributed by atoms with Crippen molar-refractivity contribution in [3.05, 3.63) is 0 Å². The van der Waals surface area contributed by atoms with Gasteiger partial charge in [-0.1, -0.05) is 141 Å². The molecule has 8 nitrogen and oxygen atoms in total. The zero-order valence-corrected chi connectivity index (χ0v) is 30.7. The fourth-order valence-corrected chi connectivity index (χ4v) is 5.38. The first-order valence-corrected chi connectivity index (χ1v) is 19.8. The van der Waals surface area contributed by atoms with Crippen LogP contribution in [0.5, 0.6) is 0 Å².